The number of carbonyl (C=O) groups excluding carboxylic acids is 1. The summed E-state index contributed by atoms with van der Waals surface area (Å²) in [6, 6.07) is 9.71. The van der Waals surface area contributed by atoms with Crippen molar-refractivity contribution in [2.24, 2.45) is 0 Å². The number of para-hydroxylation sites is 1. The van der Waals surface area contributed by atoms with Gasteiger partial charge < -0.3 is 9.80 Å². The van der Waals surface area contributed by atoms with E-state index in [-0.39, 0.29) is 11.7 Å². The maximum absolute atomic E-state index is 14.2. The number of sulfonamides is 1. The van der Waals surface area contributed by atoms with E-state index in [9.17, 15) is 17.6 Å². The molecule has 4 rings (SSSR count). The number of anilines is 1. The highest BCUT2D eigenvalue weighted by molar-refractivity contribution is 7.89. The van der Waals surface area contributed by atoms with Gasteiger partial charge in [-0.05, 0) is 56.9 Å². The molecule has 2 aromatic carbocycles. The van der Waals surface area contributed by atoms with Gasteiger partial charge in [0.1, 0.15) is 11.9 Å². The summed E-state index contributed by atoms with van der Waals surface area (Å²) in [4.78, 5) is 17.5. The van der Waals surface area contributed by atoms with Gasteiger partial charge in [-0.2, -0.15) is 4.31 Å². The lowest BCUT2D eigenvalue weighted by Gasteiger charge is -2.41. The Kier molecular flexibility index (Phi) is 6.77. The van der Waals surface area contributed by atoms with Crippen molar-refractivity contribution in [1.82, 2.24) is 9.21 Å². The Balaban J connectivity index is 1.53. The molecule has 0 saturated carbocycles. The molecule has 1 amide bonds. The van der Waals surface area contributed by atoms with Gasteiger partial charge in [0, 0.05) is 32.7 Å². The van der Waals surface area contributed by atoms with Gasteiger partial charge in [-0.25, -0.2) is 12.8 Å². The average Bonchev–Trinajstić information content (AvgIpc) is 2.78. The minimum absolute atomic E-state index is 0.145. The normalized spacial score (nSPS) is 20.2. The molecule has 0 bridgehead atoms. The number of aryl methyl sites for hydroxylation is 3. The van der Waals surface area contributed by atoms with Crippen molar-refractivity contribution in [1.29, 1.82) is 0 Å². The number of hydrogen-bond acceptors (Lipinski definition) is 4. The van der Waals surface area contributed by atoms with E-state index >= 15 is 0 Å². The number of nitrogens with zero attached hydrogens (tertiary/aromatic N) is 3. The minimum atomic E-state index is -3.81. The van der Waals surface area contributed by atoms with Crippen molar-refractivity contribution in [3.05, 3.63) is 58.9 Å². The van der Waals surface area contributed by atoms with Crippen LogP contribution in [0.15, 0.2) is 41.3 Å². The predicted molar refractivity (Wildman–Crippen MR) is 127 cm³/mol. The van der Waals surface area contributed by atoms with Gasteiger partial charge in [0.05, 0.1) is 10.6 Å². The van der Waals surface area contributed by atoms with E-state index in [1.807, 2.05) is 37.8 Å². The summed E-state index contributed by atoms with van der Waals surface area (Å²) in [5, 5.41) is 0. The second kappa shape index (κ2) is 9.43. The van der Waals surface area contributed by atoms with Crippen LogP contribution >= 0.6 is 0 Å². The molecule has 0 aliphatic carbocycles. The molecule has 6 nitrogen and oxygen atoms in total. The van der Waals surface area contributed by atoms with Crippen LogP contribution in [0.4, 0.5) is 10.1 Å². The first kappa shape index (κ1) is 23.7. The fourth-order valence-electron chi connectivity index (χ4n) is 5.22. The lowest BCUT2D eigenvalue weighted by Crippen LogP contribution is -2.57. The Labute approximate surface area is 196 Å². The summed E-state index contributed by atoms with van der Waals surface area (Å²) in [7, 11) is -3.81. The topological polar surface area (TPSA) is 60.9 Å². The number of piperidine rings is 1. The Morgan fingerprint density at radius 1 is 0.939 bits per heavy atom. The largest absolute Gasteiger partial charge is 0.366 e. The van der Waals surface area contributed by atoms with Crippen LogP contribution in [-0.4, -0.2) is 62.3 Å². The van der Waals surface area contributed by atoms with Crippen LogP contribution in [0.25, 0.3) is 0 Å². The highest BCUT2D eigenvalue weighted by Gasteiger charge is 2.41. The molecule has 8 heteroatoms. The number of amides is 1. The van der Waals surface area contributed by atoms with Crippen LogP contribution in [0.1, 0.15) is 36.0 Å². The van der Waals surface area contributed by atoms with Gasteiger partial charge in [-0.15, -0.1) is 0 Å². The van der Waals surface area contributed by atoms with Gasteiger partial charge in [0.2, 0.25) is 15.9 Å². The summed E-state index contributed by atoms with van der Waals surface area (Å²) in [5.74, 6) is -0.417. The third-order valence-corrected chi connectivity index (χ3v) is 8.91. The van der Waals surface area contributed by atoms with Gasteiger partial charge in [0.25, 0.3) is 0 Å². The molecule has 0 N–H and O–H groups in total. The Morgan fingerprint density at radius 2 is 1.58 bits per heavy atom. The first-order chi connectivity index (χ1) is 15.7. The molecule has 0 unspecified atom stereocenters. The number of hydrogen-bond donors (Lipinski definition) is 0. The third kappa shape index (κ3) is 4.64. The number of halogens is 1. The van der Waals surface area contributed by atoms with Gasteiger partial charge in [0.15, 0.2) is 0 Å². The Morgan fingerprint density at radius 3 is 2.21 bits per heavy atom. The number of piperazine rings is 1. The third-order valence-electron chi connectivity index (χ3n) is 6.69. The lowest BCUT2D eigenvalue weighted by molar-refractivity contribution is -0.136. The summed E-state index contributed by atoms with van der Waals surface area (Å²) in [5.41, 5.74) is 2.98. The SMILES string of the molecule is Cc1cc(C)c(S(=O)(=O)N2CCCC[C@@H]2C(=O)N2CCN(c3ccccc3F)CC2)c(C)c1. The maximum atomic E-state index is 14.2. The highest BCUT2D eigenvalue weighted by Crippen LogP contribution is 2.31. The molecule has 2 aliphatic rings. The molecule has 0 aromatic heterocycles. The van der Waals surface area contributed by atoms with Crippen LogP contribution in [0.3, 0.4) is 0 Å². The summed E-state index contributed by atoms with van der Waals surface area (Å²) in [6.07, 6.45) is 2.09. The van der Waals surface area contributed by atoms with Crippen molar-refractivity contribution in [3.63, 3.8) is 0 Å². The molecule has 1 atom stereocenters. The Bertz CT molecular complexity index is 1120. The monoisotopic (exact) mass is 473 g/mol. The van der Waals surface area contributed by atoms with Gasteiger partial charge >= 0.3 is 0 Å². The predicted octanol–water partition coefficient (Wildman–Crippen LogP) is 3.64. The Hall–Kier alpha value is -2.45. The molecule has 0 radical (unpaired) electrons. The summed E-state index contributed by atoms with van der Waals surface area (Å²) >= 11 is 0. The quantitative estimate of drug-likeness (QED) is 0.680. The number of rotatable bonds is 4. The molecule has 2 fully saturated rings. The molecule has 2 heterocycles. The summed E-state index contributed by atoms with van der Waals surface area (Å²) in [6.45, 7) is 7.85. The zero-order chi connectivity index (χ0) is 23.8. The zero-order valence-corrected chi connectivity index (χ0v) is 20.4. The lowest BCUT2D eigenvalue weighted by atomic mass is 10.0. The average molecular weight is 474 g/mol. The van der Waals surface area contributed by atoms with Crippen LogP contribution in [0.2, 0.25) is 0 Å². The molecular weight excluding hydrogens is 441 g/mol. The highest BCUT2D eigenvalue weighted by atomic mass is 32.2. The fraction of sp³-hybridized carbons (Fsp3) is 0.480. The zero-order valence-electron chi connectivity index (χ0n) is 19.6. The van der Waals surface area contributed by atoms with Crippen LogP contribution in [0.5, 0.6) is 0 Å². The van der Waals surface area contributed by atoms with E-state index in [0.717, 1.165) is 18.4 Å². The molecule has 0 spiro atoms. The smallest absolute Gasteiger partial charge is 0.244 e. The van der Waals surface area contributed by atoms with E-state index in [0.29, 0.717) is 60.9 Å². The standard InChI is InChI=1S/C25H32FN3O3S/c1-18-16-19(2)24(20(3)17-18)33(31,32)29-11-7-6-10-23(29)25(30)28-14-12-27(13-15-28)22-9-5-4-8-21(22)26/h4-5,8-9,16-17,23H,6-7,10-15H2,1-3H3/t23-/m1/s1. The minimum Gasteiger partial charge on any atom is -0.366 e. The van der Waals surface area contributed by atoms with Crippen LogP contribution in [-0.2, 0) is 14.8 Å². The van der Waals surface area contributed by atoms with E-state index in [2.05, 4.69) is 0 Å². The van der Waals surface area contributed by atoms with Crippen molar-refractivity contribution in [2.45, 2.75) is 51.0 Å². The van der Waals surface area contributed by atoms with Crippen molar-refractivity contribution in [2.75, 3.05) is 37.6 Å². The van der Waals surface area contributed by atoms with Gasteiger partial charge in [-0.3, -0.25) is 4.79 Å². The van der Waals surface area contributed by atoms with Crippen molar-refractivity contribution in [3.8, 4) is 0 Å². The molecular formula is C25H32FN3O3S. The first-order valence-corrected chi connectivity index (χ1v) is 13.0. The summed E-state index contributed by atoms with van der Waals surface area (Å²) < 4.78 is 43.0. The first-order valence-electron chi connectivity index (χ1n) is 11.6. The molecule has 2 aliphatic heterocycles. The number of carbonyl (C=O) groups is 1. The van der Waals surface area contributed by atoms with Crippen molar-refractivity contribution < 1.29 is 17.6 Å². The van der Waals surface area contributed by atoms with Crippen molar-refractivity contribution >= 4 is 21.6 Å². The van der Waals surface area contributed by atoms with E-state index in [1.54, 1.807) is 23.1 Å². The second-order valence-corrected chi connectivity index (χ2v) is 10.9. The second-order valence-electron chi connectivity index (χ2n) is 9.12. The molecule has 33 heavy (non-hydrogen) atoms. The van der Waals surface area contributed by atoms with E-state index in [1.165, 1.54) is 10.4 Å². The molecule has 2 saturated heterocycles. The molecule has 178 valence electrons. The fourth-order valence-corrected chi connectivity index (χ4v) is 7.28. The molecule has 2 aromatic rings. The van der Waals surface area contributed by atoms with E-state index in [4.69, 9.17) is 0 Å². The van der Waals surface area contributed by atoms with Crippen LogP contribution in [0, 0.1) is 26.6 Å². The van der Waals surface area contributed by atoms with Gasteiger partial charge in [-0.1, -0.05) is 36.2 Å². The van der Waals surface area contributed by atoms with E-state index < -0.39 is 16.1 Å². The van der Waals surface area contributed by atoms with Crippen LogP contribution < -0.4 is 4.90 Å². The number of benzene rings is 2. The maximum Gasteiger partial charge on any atom is 0.244 e.